The summed E-state index contributed by atoms with van der Waals surface area (Å²) in [4.78, 5) is 24.5. The summed E-state index contributed by atoms with van der Waals surface area (Å²) in [6.07, 6.45) is 1.62. The molecule has 2 rings (SSSR count). The molecule has 0 aliphatic heterocycles. The lowest BCUT2D eigenvalue weighted by Gasteiger charge is -2.11. The normalized spacial score (nSPS) is 10.4. The third kappa shape index (κ3) is 3.61. The number of Topliss-reactive ketones (excluding diaryl/α,β-unsaturated/α-hetero) is 1. The molecule has 21 heavy (non-hydrogen) atoms. The largest absolute Gasteiger partial charge is 0.493 e. The van der Waals surface area contributed by atoms with Crippen LogP contribution < -0.4 is 10.3 Å². The van der Waals surface area contributed by atoms with Crippen molar-refractivity contribution in [2.45, 2.75) is 20.4 Å². The first-order chi connectivity index (χ1) is 10.0. The molecule has 0 fully saturated rings. The number of hydrogen-bond donors (Lipinski definition) is 0. The summed E-state index contributed by atoms with van der Waals surface area (Å²) < 4.78 is 7.63. The number of ether oxygens (including phenoxy) is 1. The molecule has 0 aliphatic rings. The molecule has 0 N–H and O–H groups in total. The lowest BCUT2D eigenvalue weighted by atomic mass is 10.1. The quantitative estimate of drug-likeness (QED) is 0.778. The van der Waals surface area contributed by atoms with Gasteiger partial charge in [0.25, 0.3) is 5.56 Å². The van der Waals surface area contributed by atoms with Crippen molar-refractivity contribution in [2.75, 3.05) is 6.61 Å². The fourth-order valence-electron chi connectivity index (χ4n) is 2.08. The molecule has 0 saturated carbocycles. The van der Waals surface area contributed by atoms with Crippen LogP contribution in [-0.4, -0.2) is 17.0 Å². The van der Waals surface area contributed by atoms with E-state index in [2.05, 4.69) is 15.9 Å². The van der Waals surface area contributed by atoms with E-state index in [4.69, 9.17) is 4.74 Å². The van der Waals surface area contributed by atoms with Crippen LogP contribution in [-0.2, 0) is 6.54 Å². The fourth-order valence-corrected chi connectivity index (χ4v) is 2.67. The molecule has 2 aromatic rings. The molecule has 5 heteroatoms. The van der Waals surface area contributed by atoms with Gasteiger partial charge in [0, 0.05) is 16.2 Å². The van der Waals surface area contributed by atoms with E-state index in [1.54, 1.807) is 37.4 Å². The number of ketones is 1. The van der Waals surface area contributed by atoms with Gasteiger partial charge in [-0.1, -0.05) is 12.1 Å². The average Bonchev–Trinajstić information content (AvgIpc) is 2.45. The highest BCUT2D eigenvalue weighted by atomic mass is 79.9. The van der Waals surface area contributed by atoms with Crippen molar-refractivity contribution in [1.29, 1.82) is 0 Å². The number of para-hydroxylation sites is 1. The van der Waals surface area contributed by atoms with Gasteiger partial charge in [0.05, 0.1) is 18.7 Å². The number of aryl methyl sites for hydroxylation is 1. The van der Waals surface area contributed by atoms with Crippen LogP contribution in [0.15, 0.2) is 45.8 Å². The number of nitrogens with zero attached hydrogens (tertiary/aromatic N) is 1. The number of aromatic nitrogens is 1. The Kier molecular flexibility index (Phi) is 4.96. The van der Waals surface area contributed by atoms with Gasteiger partial charge in [-0.2, -0.15) is 0 Å². The highest BCUT2D eigenvalue weighted by Gasteiger charge is 2.14. The zero-order chi connectivity index (χ0) is 15.4. The Morgan fingerprint density at radius 1 is 1.33 bits per heavy atom. The number of benzene rings is 1. The molecule has 0 bridgehead atoms. The summed E-state index contributed by atoms with van der Waals surface area (Å²) in [5.41, 5.74) is 0.916. The van der Waals surface area contributed by atoms with Crippen LogP contribution in [0.4, 0.5) is 0 Å². The number of rotatable bonds is 5. The molecular formula is C16H16BrNO3. The van der Waals surface area contributed by atoms with Crippen LogP contribution in [0.3, 0.4) is 0 Å². The third-order valence-electron chi connectivity index (χ3n) is 3.03. The molecule has 1 aromatic carbocycles. The molecule has 1 heterocycles. The molecule has 0 radical (unpaired) electrons. The predicted octanol–water partition coefficient (Wildman–Crippen LogP) is 3.20. The minimum atomic E-state index is -0.166. The van der Waals surface area contributed by atoms with E-state index in [0.29, 0.717) is 23.5 Å². The summed E-state index contributed by atoms with van der Waals surface area (Å²) in [6.45, 7) is 4.06. The summed E-state index contributed by atoms with van der Waals surface area (Å²) in [5.74, 6) is 0.392. The highest BCUT2D eigenvalue weighted by molar-refractivity contribution is 9.10. The van der Waals surface area contributed by atoms with E-state index in [1.807, 2.05) is 13.0 Å². The maximum atomic E-state index is 12.4. The Balaban J connectivity index is 2.33. The molecule has 0 atom stereocenters. The van der Waals surface area contributed by atoms with E-state index < -0.39 is 0 Å². The molecule has 0 aliphatic carbocycles. The Morgan fingerprint density at radius 3 is 2.76 bits per heavy atom. The van der Waals surface area contributed by atoms with Gasteiger partial charge in [-0.3, -0.25) is 9.59 Å². The highest BCUT2D eigenvalue weighted by Crippen LogP contribution is 2.19. The van der Waals surface area contributed by atoms with Crippen molar-refractivity contribution < 1.29 is 9.53 Å². The Morgan fingerprint density at radius 2 is 2.05 bits per heavy atom. The molecular weight excluding hydrogens is 334 g/mol. The number of pyridine rings is 1. The molecule has 0 amide bonds. The minimum absolute atomic E-state index is 0.0107. The molecule has 0 saturated heterocycles. The van der Waals surface area contributed by atoms with Crippen molar-refractivity contribution in [3.05, 3.63) is 62.5 Å². The lowest BCUT2D eigenvalue weighted by Crippen LogP contribution is -2.25. The summed E-state index contributed by atoms with van der Waals surface area (Å²) >= 11 is 3.34. The van der Waals surface area contributed by atoms with Crippen LogP contribution in [0.25, 0.3) is 0 Å². The molecule has 4 nitrogen and oxygen atoms in total. The van der Waals surface area contributed by atoms with Crippen molar-refractivity contribution in [1.82, 2.24) is 4.57 Å². The maximum absolute atomic E-state index is 12.4. The second-order valence-corrected chi connectivity index (χ2v) is 5.54. The van der Waals surface area contributed by atoms with E-state index in [-0.39, 0.29) is 17.9 Å². The molecule has 0 spiro atoms. The van der Waals surface area contributed by atoms with Gasteiger partial charge in [-0.25, -0.2) is 0 Å². The fraction of sp³-hybridized carbons (Fsp3) is 0.250. The molecule has 1 aromatic heterocycles. The monoisotopic (exact) mass is 349 g/mol. The zero-order valence-corrected chi connectivity index (χ0v) is 13.5. The Labute approximate surface area is 131 Å². The number of carbonyl (C=O) groups is 1. The van der Waals surface area contributed by atoms with Gasteiger partial charge < -0.3 is 9.30 Å². The second-order valence-electron chi connectivity index (χ2n) is 4.63. The lowest BCUT2D eigenvalue weighted by molar-refractivity contribution is 0.0967. The third-order valence-corrected chi connectivity index (χ3v) is 3.47. The van der Waals surface area contributed by atoms with Gasteiger partial charge in [0.1, 0.15) is 5.75 Å². The second kappa shape index (κ2) is 6.72. The van der Waals surface area contributed by atoms with Crippen LogP contribution in [0, 0.1) is 6.92 Å². The van der Waals surface area contributed by atoms with Gasteiger partial charge in [-0.05, 0) is 48.0 Å². The SMILES string of the molecule is CCOc1ccccc1C(=O)Cn1cc(Br)cc(C)c1=O. The van der Waals surface area contributed by atoms with Gasteiger partial charge in [-0.15, -0.1) is 0 Å². The van der Waals surface area contributed by atoms with Crippen LogP contribution in [0.5, 0.6) is 5.75 Å². The van der Waals surface area contributed by atoms with E-state index >= 15 is 0 Å². The summed E-state index contributed by atoms with van der Waals surface area (Å²) in [7, 11) is 0. The van der Waals surface area contributed by atoms with E-state index in [1.165, 1.54) is 4.57 Å². The maximum Gasteiger partial charge on any atom is 0.253 e. The van der Waals surface area contributed by atoms with Crippen molar-refractivity contribution in [3.8, 4) is 5.75 Å². The number of hydrogen-bond acceptors (Lipinski definition) is 3. The molecule has 0 unspecified atom stereocenters. The predicted molar refractivity (Wildman–Crippen MR) is 85.1 cm³/mol. The smallest absolute Gasteiger partial charge is 0.253 e. The average molecular weight is 350 g/mol. The van der Waals surface area contributed by atoms with Crippen molar-refractivity contribution >= 4 is 21.7 Å². The first kappa shape index (κ1) is 15.5. The minimum Gasteiger partial charge on any atom is -0.493 e. The number of halogens is 1. The topological polar surface area (TPSA) is 48.3 Å². The van der Waals surface area contributed by atoms with Gasteiger partial charge in [0.15, 0.2) is 5.78 Å². The first-order valence-electron chi connectivity index (χ1n) is 6.64. The van der Waals surface area contributed by atoms with Crippen molar-refractivity contribution in [2.24, 2.45) is 0 Å². The Hall–Kier alpha value is -1.88. The van der Waals surface area contributed by atoms with Crippen LogP contribution >= 0.6 is 15.9 Å². The van der Waals surface area contributed by atoms with Gasteiger partial charge >= 0.3 is 0 Å². The van der Waals surface area contributed by atoms with E-state index in [0.717, 1.165) is 4.47 Å². The number of carbonyl (C=O) groups excluding carboxylic acids is 1. The van der Waals surface area contributed by atoms with Gasteiger partial charge in [0.2, 0.25) is 0 Å². The zero-order valence-electron chi connectivity index (χ0n) is 11.9. The summed E-state index contributed by atoms with van der Waals surface area (Å²) in [5, 5.41) is 0. The first-order valence-corrected chi connectivity index (χ1v) is 7.44. The van der Waals surface area contributed by atoms with E-state index in [9.17, 15) is 9.59 Å². The van der Waals surface area contributed by atoms with Crippen molar-refractivity contribution in [3.63, 3.8) is 0 Å². The van der Waals surface area contributed by atoms with Crippen LogP contribution in [0.1, 0.15) is 22.8 Å². The Bertz CT molecular complexity index is 722. The summed E-state index contributed by atoms with van der Waals surface area (Å²) in [6, 6.07) is 8.80. The standard InChI is InChI=1S/C16H16BrNO3/c1-3-21-15-7-5-4-6-13(15)14(19)10-18-9-12(17)8-11(2)16(18)20/h4-9H,3,10H2,1-2H3. The molecule has 110 valence electrons. The van der Waals surface area contributed by atoms with Crippen LogP contribution in [0.2, 0.25) is 0 Å².